The van der Waals surface area contributed by atoms with Gasteiger partial charge in [0.1, 0.15) is 12.4 Å². The summed E-state index contributed by atoms with van der Waals surface area (Å²) in [7, 11) is 1.77. The van der Waals surface area contributed by atoms with E-state index >= 15 is 0 Å². The fraction of sp³-hybridized carbons (Fsp3) is 0.391. The van der Waals surface area contributed by atoms with E-state index in [0.717, 1.165) is 36.8 Å². The third kappa shape index (κ3) is 5.98. The number of benzene rings is 2. The molecule has 0 spiro atoms. The van der Waals surface area contributed by atoms with Gasteiger partial charge in [0, 0.05) is 39.1 Å². The van der Waals surface area contributed by atoms with Gasteiger partial charge in [-0.1, -0.05) is 49.4 Å². The monoisotopic (exact) mass is 394 g/mol. The van der Waals surface area contributed by atoms with Crippen molar-refractivity contribution < 1.29 is 9.53 Å². The van der Waals surface area contributed by atoms with E-state index in [4.69, 9.17) is 4.74 Å². The summed E-state index contributed by atoms with van der Waals surface area (Å²) in [5.74, 6) is 1.82. The van der Waals surface area contributed by atoms with Crippen LogP contribution in [0.25, 0.3) is 0 Å². The summed E-state index contributed by atoms with van der Waals surface area (Å²) in [5, 5.41) is 6.82. The number of rotatable bonds is 7. The van der Waals surface area contributed by atoms with E-state index in [0.29, 0.717) is 19.6 Å². The number of para-hydroxylation sites is 1. The maximum Gasteiger partial charge on any atom is 0.222 e. The van der Waals surface area contributed by atoms with Crippen molar-refractivity contribution >= 4 is 11.9 Å². The normalized spacial score (nSPS) is 16.6. The van der Waals surface area contributed by atoms with Gasteiger partial charge >= 0.3 is 0 Å². The number of carbonyl (C=O) groups is 1. The number of hydrogen-bond acceptors (Lipinski definition) is 3. The number of carbonyl (C=O) groups excluding carboxylic acids is 1. The van der Waals surface area contributed by atoms with Gasteiger partial charge < -0.3 is 20.3 Å². The van der Waals surface area contributed by atoms with Crippen molar-refractivity contribution in [1.82, 2.24) is 15.5 Å². The van der Waals surface area contributed by atoms with Gasteiger partial charge in [-0.25, -0.2) is 0 Å². The number of guanidine groups is 1. The maximum atomic E-state index is 11.9. The highest BCUT2D eigenvalue weighted by atomic mass is 16.5. The van der Waals surface area contributed by atoms with E-state index in [-0.39, 0.29) is 11.9 Å². The lowest BCUT2D eigenvalue weighted by Gasteiger charge is -2.19. The molecule has 1 amide bonds. The van der Waals surface area contributed by atoms with Crippen molar-refractivity contribution in [3.05, 3.63) is 65.7 Å². The average Bonchev–Trinajstić information content (AvgIpc) is 3.24. The van der Waals surface area contributed by atoms with Crippen molar-refractivity contribution in [2.45, 2.75) is 39.0 Å². The van der Waals surface area contributed by atoms with E-state index in [2.05, 4.69) is 27.8 Å². The van der Waals surface area contributed by atoms with Crippen LogP contribution in [0.3, 0.4) is 0 Å². The number of amides is 1. The molecule has 2 aromatic carbocycles. The van der Waals surface area contributed by atoms with E-state index < -0.39 is 0 Å². The molecule has 1 aliphatic heterocycles. The first-order valence-electron chi connectivity index (χ1n) is 10.2. The summed E-state index contributed by atoms with van der Waals surface area (Å²) < 4.78 is 5.91. The summed E-state index contributed by atoms with van der Waals surface area (Å²) in [6.07, 6.45) is 1.50. The van der Waals surface area contributed by atoms with E-state index in [1.54, 1.807) is 7.05 Å². The van der Waals surface area contributed by atoms with Crippen molar-refractivity contribution in [2.24, 2.45) is 4.99 Å². The Morgan fingerprint density at radius 3 is 2.59 bits per heavy atom. The zero-order valence-electron chi connectivity index (χ0n) is 17.2. The van der Waals surface area contributed by atoms with Crippen LogP contribution in [0.4, 0.5) is 0 Å². The van der Waals surface area contributed by atoms with Crippen LogP contribution in [0, 0.1) is 0 Å². The molecule has 6 heteroatoms. The molecule has 1 fully saturated rings. The topological polar surface area (TPSA) is 66.0 Å². The number of nitrogens with one attached hydrogen (secondary N) is 2. The molecule has 2 aromatic rings. The molecule has 6 nitrogen and oxygen atoms in total. The lowest BCUT2D eigenvalue weighted by Crippen LogP contribution is -2.44. The summed E-state index contributed by atoms with van der Waals surface area (Å²) in [6, 6.07) is 18.3. The van der Waals surface area contributed by atoms with Crippen LogP contribution in [0.1, 0.15) is 30.9 Å². The molecule has 2 N–H and O–H groups in total. The smallest absolute Gasteiger partial charge is 0.222 e. The Labute approximate surface area is 173 Å². The number of likely N-dealkylation sites (tertiary alicyclic amines) is 1. The molecule has 1 unspecified atom stereocenters. The third-order valence-electron chi connectivity index (χ3n) is 5.11. The lowest BCUT2D eigenvalue weighted by molar-refractivity contribution is -0.129. The molecular formula is C23H30N4O2. The van der Waals surface area contributed by atoms with E-state index in [1.807, 2.05) is 54.3 Å². The van der Waals surface area contributed by atoms with Crippen LogP contribution in [0.2, 0.25) is 0 Å². The number of hydrogen-bond donors (Lipinski definition) is 2. The molecule has 0 radical (unpaired) electrons. The number of aliphatic imine (C=N–C) groups is 1. The van der Waals surface area contributed by atoms with Crippen molar-refractivity contribution in [3.63, 3.8) is 0 Å². The molecule has 0 aliphatic carbocycles. The second-order valence-corrected chi connectivity index (χ2v) is 7.12. The summed E-state index contributed by atoms with van der Waals surface area (Å²) in [4.78, 5) is 18.1. The van der Waals surface area contributed by atoms with E-state index in [9.17, 15) is 4.79 Å². The van der Waals surface area contributed by atoms with Gasteiger partial charge in [0.15, 0.2) is 5.96 Å². The average molecular weight is 395 g/mol. The Morgan fingerprint density at radius 2 is 1.86 bits per heavy atom. The molecule has 3 rings (SSSR count). The summed E-state index contributed by atoms with van der Waals surface area (Å²) >= 11 is 0. The second-order valence-electron chi connectivity index (χ2n) is 7.12. The number of nitrogens with zero attached hydrogens (tertiary/aromatic N) is 2. The van der Waals surface area contributed by atoms with Crippen LogP contribution >= 0.6 is 0 Å². The van der Waals surface area contributed by atoms with Gasteiger partial charge in [0.05, 0.1) is 0 Å². The minimum Gasteiger partial charge on any atom is -0.489 e. The molecule has 1 atom stereocenters. The van der Waals surface area contributed by atoms with Gasteiger partial charge in [-0.05, 0) is 29.7 Å². The molecule has 29 heavy (non-hydrogen) atoms. The second kappa shape index (κ2) is 10.5. The molecule has 1 saturated heterocycles. The van der Waals surface area contributed by atoms with E-state index in [1.165, 1.54) is 5.56 Å². The van der Waals surface area contributed by atoms with Gasteiger partial charge in [0.25, 0.3) is 0 Å². The summed E-state index contributed by atoms with van der Waals surface area (Å²) in [6.45, 7) is 4.61. The fourth-order valence-electron chi connectivity index (χ4n) is 3.44. The van der Waals surface area contributed by atoms with Crippen LogP contribution in [-0.4, -0.2) is 42.9 Å². The van der Waals surface area contributed by atoms with Crippen LogP contribution in [-0.2, 0) is 17.9 Å². The van der Waals surface area contributed by atoms with Crippen LogP contribution in [0.5, 0.6) is 5.75 Å². The molecule has 0 saturated carbocycles. The molecule has 1 heterocycles. The van der Waals surface area contributed by atoms with Crippen molar-refractivity contribution in [1.29, 1.82) is 0 Å². The van der Waals surface area contributed by atoms with Gasteiger partial charge in [-0.3, -0.25) is 9.79 Å². The predicted octanol–water partition coefficient (Wildman–Crippen LogP) is 2.94. The fourth-order valence-corrected chi connectivity index (χ4v) is 3.44. The zero-order chi connectivity index (χ0) is 20.5. The van der Waals surface area contributed by atoms with Gasteiger partial charge in [-0.15, -0.1) is 0 Å². The SMILES string of the molecule is CCC(=O)N1CCC(NC(=NC)NCc2ccccc2COc2ccccc2)C1. The van der Waals surface area contributed by atoms with Crippen LogP contribution in [0.15, 0.2) is 59.6 Å². The standard InChI is InChI=1S/C23H30N4O2/c1-3-22(28)27-14-13-20(16-27)26-23(24-2)25-15-18-9-7-8-10-19(18)17-29-21-11-5-4-6-12-21/h4-12,20H,3,13-17H2,1-2H3,(H2,24,25,26). The lowest BCUT2D eigenvalue weighted by atomic mass is 10.1. The highest BCUT2D eigenvalue weighted by Gasteiger charge is 2.25. The first-order valence-corrected chi connectivity index (χ1v) is 10.2. The first kappa shape index (κ1) is 20.7. The Hall–Kier alpha value is -3.02. The Morgan fingerprint density at radius 1 is 1.14 bits per heavy atom. The summed E-state index contributed by atoms with van der Waals surface area (Å²) in [5.41, 5.74) is 2.31. The molecule has 0 bridgehead atoms. The molecule has 0 aromatic heterocycles. The molecular weight excluding hydrogens is 364 g/mol. The highest BCUT2D eigenvalue weighted by molar-refractivity contribution is 5.80. The highest BCUT2D eigenvalue weighted by Crippen LogP contribution is 2.15. The molecule has 154 valence electrons. The van der Waals surface area contributed by atoms with Gasteiger partial charge in [0.2, 0.25) is 5.91 Å². The Kier molecular flexibility index (Phi) is 7.50. The third-order valence-corrected chi connectivity index (χ3v) is 5.11. The zero-order valence-corrected chi connectivity index (χ0v) is 17.2. The Bertz CT molecular complexity index is 823. The number of ether oxygens (including phenoxy) is 1. The largest absolute Gasteiger partial charge is 0.489 e. The van der Waals surface area contributed by atoms with Crippen LogP contribution < -0.4 is 15.4 Å². The van der Waals surface area contributed by atoms with Crippen molar-refractivity contribution in [2.75, 3.05) is 20.1 Å². The van der Waals surface area contributed by atoms with Crippen molar-refractivity contribution in [3.8, 4) is 5.75 Å². The maximum absolute atomic E-state index is 11.9. The molecule has 1 aliphatic rings. The van der Waals surface area contributed by atoms with Gasteiger partial charge in [-0.2, -0.15) is 0 Å². The minimum absolute atomic E-state index is 0.213. The minimum atomic E-state index is 0.213. The quantitative estimate of drug-likeness (QED) is 0.560. The first-order chi connectivity index (χ1) is 14.2. The Balaban J connectivity index is 1.53. The predicted molar refractivity (Wildman–Crippen MR) is 116 cm³/mol.